The number of carbonyl (C=O) groups is 1. The van der Waals surface area contributed by atoms with Crippen LogP contribution in [0.3, 0.4) is 0 Å². The molecule has 9 heteroatoms. The van der Waals surface area contributed by atoms with E-state index in [4.69, 9.17) is 6.57 Å². The highest BCUT2D eigenvalue weighted by Gasteiger charge is 2.25. The van der Waals surface area contributed by atoms with Gasteiger partial charge in [-0.25, -0.2) is 14.2 Å². The Bertz CT molecular complexity index is 1420. The number of hydrogen-bond donors (Lipinski definition) is 2. The zero-order valence-corrected chi connectivity index (χ0v) is 18.3. The summed E-state index contributed by atoms with van der Waals surface area (Å²) in [6.45, 7) is 10.5. The third-order valence-corrected chi connectivity index (χ3v) is 5.91. The molecule has 2 aromatic heterocycles. The van der Waals surface area contributed by atoms with E-state index in [2.05, 4.69) is 25.6 Å². The molecule has 33 heavy (non-hydrogen) atoms. The minimum atomic E-state index is -0.625. The van der Waals surface area contributed by atoms with E-state index >= 15 is 0 Å². The molecule has 0 radical (unpaired) electrons. The summed E-state index contributed by atoms with van der Waals surface area (Å²) in [6, 6.07) is 10.2. The summed E-state index contributed by atoms with van der Waals surface area (Å²) >= 11 is 0. The first-order chi connectivity index (χ1) is 15.9. The molecule has 1 atom stereocenters. The molecule has 166 valence electrons. The minimum Gasteiger partial charge on any atom is -0.347 e. The summed E-state index contributed by atoms with van der Waals surface area (Å²) in [6.07, 6.45) is 2.77. The molecule has 4 aromatic rings. The fourth-order valence-electron chi connectivity index (χ4n) is 4.27. The van der Waals surface area contributed by atoms with Crippen molar-refractivity contribution in [1.29, 1.82) is 0 Å². The van der Waals surface area contributed by atoms with Crippen molar-refractivity contribution in [1.82, 2.24) is 30.0 Å². The lowest BCUT2D eigenvalue weighted by molar-refractivity contribution is 0.0935. The number of carbonyl (C=O) groups excluding carboxylic acids is 1. The number of imidazole rings is 1. The number of fused-ring (bicyclic) bond motifs is 1. The lowest BCUT2D eigenvalue weighted by atomic mass is 10.1. The number of halogens is 1. The molecule has 1 saturated heterocycles. The van der Waals surface area contributed by atoms with Crippen LogP contribution in [0.5, 0.6) is 0 Å². The second kappa shape index (κ2) is 8.15. The Hall–Kier alpha value is -4.03. The quantitative estimate of drug-likeness (QED) is 0.473. The van der Waals surface area contributed by atoms with E-state index in [9.17, 15) is 9.18 Å². The van der Waals surface area contributed by atoms with Crippen LogP contribution in [0.15, 0.2) is 42.6 Å². The maximum atomic E-state index is 14.5. The molecule has 1 unspecified atom stereocenters. The molecular formula is C24H22FN7O. The number of aryl methyl sites for hydroxylation is 1. The van der Waals surface area contributed by atoms with Gasteiger partial charge in [0.05, 0.1) is 17.8 Å². The number of hydrogen-bond acceptors (Lipinski definition) is 4. The van der Waals surface area contributed by atoms with Crippen LogP contribution in [0.1, 0.15) is 22.6 Å². The van der Waals surface area contributed by atoms with Crippen LogP contribution in [-0.2, 0) is 7.05 Å². The Labute approximate surface area is 189 Å². The second-order valence-corrected chi connectivity index (χ2v) is 8.19. The van der Waals surface area contributed by atoms with Crippen LogP contribution in [0.2, 0.25) is 0 Å². The van der Waals surface area contributed by atoms with Gasteiger partial charge in [0, 0.05) is 42.5 Å². The topological polar surface area (TPSA) is 81.1 Å². The molecule has 2 N–H and O–H groups in total. The summed E-state index contributed by atoms with van der Waals surface area (Å²) in [4.78, 5) is 20.9. The number of aromatic nitrogens is 4. The third-order valence-electron chi connectivity index (χ3n) is 5.91. The summed E-state index contributed by atoms with van der Waals surface area (Å²) in [5.74, 6) is -0.455. The molecule has 8 nitrogen and oxygen atoms in total. The van der Waals surface area contributed by atoms with Crippen molar-refractivity contribution in [3.05, 3.63) is 71.2 Å². The van der Waals surface area contributed by atoms with E-state index < -0.39 is 5.82 Å². The lowest BCUT2D eigenvalue weighted by Crippen LogP contribution is -2.36. The van der Waals surface area contributed by atoms with Gasteiger partial charge in [-0.2, -0.15) is 5.10 Å². The lowest BCUT2D eigenvalue weighted by Gasteiger charge is -2.12. The van der Waals surface area contributed by atoms with Gasteiger partial charge in [0.15, 0.2) is 0 Å². The predicted molar refractivity (Wildman–Crippen MR) is 123 cm³/mol. The fraction of sp³-hybridized carbons (Fsp3) is 0.250. The van der Waals surface area contributed by atoms with Crippen LogP contribution in [-0.4, -0.2) is 44.4 Å². The van der Waals surface area contributed by atoms with Crippen LogP contribution >= 0.6 is 0 Å². The summed E-state index contributed by atoms with van der Waals surface area (Å²) in [5.41, 5.74) is 2.99. The molecule has 0 saturated carbocycles. The van der Waals surface area contributed by atoms with Crippen molar-refractivity contribution in [2.24, 2.45) is 7.05 Å². The average Bonchev–Trinajstić information content (AvgIpc) is 3.51. The monoisotopic (exact) mass is 443 g/mol. The van der Waals surface area contributed by atoms with Crippen LogP contribution in [0.25, 0.3) is 32.8 Å². The van der Waals surface area contributed by atoms with Gasteiger partial charge in [0.1, 0.15) is 17.3 Å². The Morgan fingerprint density at radius 2 is 2.15 bits per heavy atom. The predicted octanol–water partition coefficient (Wildman–Crippen LogP) is 3.52. The van der Waals surface area contributed by atoms with Gasteiger partial charge in [-0.15, -0.1) is 0 Å². The van der Waals surface area contributed by atoms with E-state index in [-0.39, 0.29) is 23.3 Å². The molecule has 0 spiro atoms. The first-order valence-electron chi connectivity index (χ1n) is 10.7. The van der Waals surface area contributed by atoms with Crippen molar-refractivity contribution >= 4 is 22.5 Å². The van der Waals surface area contributed by atoms with Gasteiger partial charge in [0.2, 0.25) is 5.69 Å². The van der Waals surface area contributed by atoms with Gasteiger partial charge >= 0.3 is 0 Å². The van der Waals surface area contributed by atoms with Crippen LogP contribution in [0.4, 0.5) is 10.1 Å². The van der Waals surface area contributed by atoms with Gasteiger partial charge in [0.25, 0.3) is 5.91 Å². The number of benzene rings is 2. The van der Waals surface area contributed by atoms with Gasteiger partial charge in [-0.3, -0.25) is 14.0 Å². The Morgan fingerprint density at radius 1 is 1.30 bits per heavy atom. The summed E-state index contributed by atoms with van der Waals surface area (Å²) in [7, 11) is 1.86. The average molecular weight is 443 g/mol. The molecule has 3 heterocycles. The van der Waals surface area contributed by atoms with Crippen LogP contribution < -0.4 is 10.6 Å². The number of nitrogens with zero attached hydrogens (tertiary/aromatic N) is 5. The van der Waals surface area contributed by atoms with Crippen LogP contribution in [0, 0.1) is 19.3 Å². The molecule has 0 bridgehead atoms. The van der Waals surface area contributed by atoms with E-state index in [0.29, 0.717) is 17.1 Å². The molecule has 0 aliphatic carbocycles. The number of nitrogens with one attached hydrogen (secondary N) is 2. The molecular weight excluding hydrogens is 421 g/mol. The maximum absolute atomic E-state index is 14.5. The maximum Gasteiger partial charge on any atom is 0.272 e. The number of rotatable bonds is 4. The zero-order chi connectivity index (χ0) is 23.1. The minimum absolute atomic E-state index is 0.0487. The van der Waals surface area contributed by atoms with Gasteiger partial charge < -0.3 is 10.6 Å². The largest absolute Gasteiger partial charge is 0.347 e. The van der Waals surface area contributed by atoms with E-state index in [1.54, 1.807) is 10.7 Å². The van der Waals surface area contributed by atoms with Crippen molar-refractivity contribution in [2.75, 3.05) is 13.1 Å². The normalized spacial score (nSPS) is 15.6. The standard InChI is InChI=1S/C24H22FN7O/c1-14-22(24(33)28-17-8-9-27-12-17)29-23(15-4-6-21(26-2)19(25)11-15)32(14)18-5-7-20-16(10-18)13-31(3)30-20/h4-7,10-11,13,17,27H,8-9,12H2,1,3H3,(H,28,33). The second-order valence-electron chi connectivity index (χ2n) is 8.19. The van der Waals surface area contributed by atoms with Gasteiger partial charge in [-0.05, 0) is 44.2 Å². The summed E-state index contributed by atoms with van der Waals surface area (Å²) < 4.78 is 18.1. The van der Waals surface area contributed by atoms with Crippen molar-refractivity contribution in [3.8, 4) is 17.1 Å². The number of amides is 1. The molecule has 1 aliphatic rings. The summed E-state index contributed by atoms with van der Waals surface area (Å²) in [5, 5.41) is 11.6. The Kier molecular flexibility index (Phi) is 5.15. The highest BCUT2D eigenvalue weighted by Crippen LogP contribution is 2.31. The third kappa shape index (κ3) is 3.75. The van der Waals surface area contributed by atoms with E-state index in [1.807, 2.05) is 42.9 Å². The zero-order valence-electron chi connectivity index (χ0n) is 18.3. The molecule has 1 fully saturated rings. The van der Waals surface area contributed by atoms with E-state index in [1.165, 1.54) is 12.1 Å². The highest BCUT2D eigenvalue weighted by atomic mass is 19.1. The van der Waals surface area contributed by atoms with Crippen molar-refractivity contribution in [2.45, 2.75) is 19.4 Å². The van der Waals surface area contributed by atoms with Crippen molar-refractivity contribution < 1.29 is 9.18 Å². The molecule has 1 aliphatic heterocycles. The smallest absolute Gasteiger partial charge is 0.272 e. The SMILES string of the molecule is [C-]#[N+]c1ccc(-c2nc(C(=O)NC3CCNC3)c(C)n2-c2ccc3nn(C)cc3c2)cc1F. The van der Waals surface area contributed by atoms with Gasteiger partial charge in [-0.1, -0.05) is 12.1 Å². The van der Waals surface area contributed by atoms with Crippen molar-refractivity contribution in [3.63, 3.8) is 0 Å². The fourth-order valence-corrected chi connectivity index (χ4v) is 4.27. The molecule has 5 rings (SSSR count). The Balaban J connectivity index is 1.66. The Morgan fingerprint density at radius 3 is 2.88 bits per heavy atom. The van der Waals surface area contributed by atoms with E-state index in [0.717, 1.165) is 36.1 Å². The molecule has 2 aromatic carbocycles. The first-order valence-corrected chi connectivity index (χ1v) is 10.7. The highest BCUT2D eigenvalue weighted by molar-refractivity contribution is 5.95. The molecule has 1 amide bonds. The first kappa shape index (κ1) is 20.8.